The molecule has 0 saturated heterocycles. The van der Waals surface area contributed by atoms with E-state index in [1.54, 1.807) is 6.92 Å². The topological polar surface area (TPSA) is 9.23 Å². The zero-order valence-electron chi connectivity index (χ0n) is 4.96. The van der Waals surface area contributed by atoms with Gasteiger partial charge in [-0.2, -0.15) is 8.78 Å². The summed E-state index contributed by atoms with van der Waals surface area (Å²) in [6, 6.07) is 0. The van der Waals surface area contributed by atoms with Gasteiger partial charge in [-0.25, -0.2) is 0 Å². The highest BCUT2D eigenvalue weighted by Crippen LogP contribution is 2.14. The van der Waals surface area contributed by atoms with Crippen molar-refractivity contribution in [3.05, 3.63) is 11.8 Å². The molecule has 54 valence electrons. The number of allylic oxidation sites excluding steroid dienone is 1. The van der Waals surface area contributed by atoms with Gasteiger partial charge in [0.15, 0.2) is 0 Å². The molecule has 0 rings (SSSR count). The molecule has 9 heavy (non-hydrogen) atoms. The third-order valence-corrected chi connectivity index (χ3v) is 0.781. The fourth-order valence-electron chi connectivity index (χ4n) is 0.389. The molecule has 0 aliphatic rings. The fourth-order valence-corrected chi connectivity index (χ4v) is 0.389. The second-order valence-electron chi connectivity index (χ2n) is 1.51. The van der Waals surface area contributed by atoms with Gasteiger partial charge in [-0.05, 0) is 6.42 Å². The van der Waals surface area contributed by atoms with Gasteiger partial charge in [-0.3, -0.25) is 4.94 Å². The van der Waals surface area contributed by atoms with E-state index in [1.165, 1.54) is 0 Å². The van der Waals surface area contributed by atoms with E-state index >= 15 is 0 Å². The van der Waals surface area contributed by atoms with Gasteiger partial charge in [0.1, 0.15) is 0 Å². The summed E-state index contributed by atoms with van der Waals surface area (Å²) in [7, 11) is 0. The van der Waals surface area contributed by atoms with Gasteiger partial charge in [0.2, 0.25) is 5.76 Å². The summed E-state index contributed by atoms with van der Waals surface area (Å²) in [5.74, 6) is -0.863. The standard InChI is InChI=1S/C5H7F3O/c1-2-3-4(9-8)5(6)7/h2-3H2,1H3. The molecule has 0 N–H and O–H groups in total. The molecule has 0 aromatic rings. The van der Waals surface area contributed by atoms with Gasteiger partial charge in [-0.1, -0.05) is 6.92 Å². The van der Waals surface area contributed by atoms with Crippen LogP contribution in [0.2, 0.25) is 0 Å². The van der Waals surface area contributed by atoms with Crippen LogP contribution < -0.4 is 0 Å². The molecule has 0 spiro atoms. The Kier molecular flexibility index (Phi) is 3.92. The highest BCUT2D eigenvalue weighted by molar-refractivity contribution is 4.90. The first-order valence-electron chi connectivity index (χ1n) is 2.55. The SMILES string of the molecule is CCCC(OF)=C(F)F. The Hall–Kier alpha value is -0.670. The number of hydrogen-bond acceptors (Lipinski definition) is 1. The van der Waals surface area contributed by atoms with E-state index in [-0.39, 0.29) is 6.42 Å². The van der Waals surface area contributed by atoms with E-state index in [4.69, 9.17) is 0 Å². The third-order valence-electron chi connectivity index (χ3n) is 0.781. The molecule has 0 atom stereocenters. The van der Waals surface area contributed by atoms with Crippen molar-refractivity contribution in [2.75, 3.05) is 0 Å². The Morgan fingerprint density at radius 3 is 2.11 bits per heavy atom. The van der Waals surface area contributed by atoms with Crippen molar-refractivity contribution in [2.45, 2.75) is 19.8 Å². The lowest BCUT2D eigenvalue weighted by atomic mass is 10.3. The quantitative estimate of drug-likeness (QED) is 0.547. The van der Waals surface area contributed by atoms with Crippen molar-refractivity contribution in [3.8, 4) is 0 Å². The highest BCUT2D eigenvalue weighted by Gasteiger charge is 2.06. The molecule has 0 aliphatic heterocycles. The van der Waals surface area contributed by atoms with Gasteiger partial charge in [0.25, 0.3) is 0 Å². The molecule has 0 unspecified atom stereocenters. The molecule has 0 bridgehead atoms. The molecule has 0 fully saturated rings. The van der Waals surface area contributed by atoms with Gasteiger partial charge in [0, 0.05) is 10.9 Å². The van der Waals surface area contributed by atoms with Gasteiger partial charge >= 0.3 is 6.08 Å². The van der Waals surface area contributed by atoms with E-state index in [9.17, 15) is 13.3 Å². The van der Waals surface area contributed by atoms with Crippen molar-refractivity contribution >= 4 is 0 Å². The Morgan fingerprint density at radius 1 is 1.44 bits per heavy atom. The molecular weight excluding hydrogens is 133 g/mol. The minimum atomic E-state index is -2.08. The first-order chi connectivity index (χ1) is 4.22. The van der Waals surface area contributed by atoms with E-state index in [0.717, 1.165) is 0 Å². The Balaban J connectivity index is 3.83. The molecule has 1 nitrogen and oxygen atoms in total. The molecular formula is C5H7F3O. The molecule has 0 aromatic heterocycles. The van der Waals surface area contributed by atoms with Crippen LogP contribution in [0.25, 0.3) is 0 Å². The molecule has 0 radical (unpaired) electrons. The van der Waals surface area contributed by atoms with E-state index in [1.807, 2.05) is 0 Å². The first kappa shape index (κ1) is 8.33. The average molecular weight is 140 g/mol. The lowest BCUT2D eigenvalue weighted by Gasteiger charge is -1.94. The lowest BCUT2D eigenvalue weighted by molar-refractivity contribution is -0.0935. The molecule has 0 heterocycles. The third kappa shape index (κ3) is 3.00. The second-order valence-corrected chi connectivity index (χ2v) is 1.51. The summed E-state index contributed by atoms with van der Waals surface area (Å²) in [6.45, 7) is 1.65. The first-order valence-corrected chi connectivity index (χ1v) is 2.55. The summed E-state index contributed by atoms with van der Waals surface area (Å²) in [5.41, 5.74) is 0. The monoisotopic (exact) mass is 140 g/mol. The lowest BCUT2D eigenvalue weighted by Crippen LogP contribution is -1.83. The van der Waals surface area contributed by atoms with Gasteiger partial charge in [0.05, 0.1) is 0 Å². The van der Waals surface area contributed by atoms with E-state index in [0.29, 0.717) is 6.42 Å². The van der Waals surface area contributed by atoms with E-state index in [2.05, 4.69) is 4.94 Å². The summed E-state index contributed by atoms with van der Waals surface area (Å²) in [5, 5.41) is 0. The minimum Gasteiger partial charge on any atom is -0.293 e. The molecule has 0 amide bonds. The normalized spacial score (nSPS) is 8.89. The van der Waals surface area contributed by atoms with Gasteiger partial charge < -0.3 is 0 Å². The maximum absolute atomic E-state index is 11.4. The highest BCUT2D eigenvalue weighted by atomic mass is 19.3. The number of hydrogen-bond donors (Lipinski definition) is 0. The van der Waals surface area contributed by atoms with Crippen LogP contribution in [0.1, 0.15) is 19.8 Å². The Morgan fingerprint density at radius 2 is 2.00 bits per heavy atom. The summed E-state index contributed by atoms with van der Waals surface area (Å²) >= 11 is 0. The summed E-state index contributed by atoms with van der Waals surface area (Å²) in [6.07, 6.45) is -1.70. The maximum atomic E-state index is 11.4. The van der Waals surface area contributed by atoms with Crippen LogP contribution in [0.5, 0.6) is 0 Å². The van der Waals surface area contributed by atoms with Crippen molar-refractivity contribution < 1.29 is 18.2 Å². The van der Waals surface area contributed by atoms with Gasteiger partial charge in [-0.15, -0.1) is 0 Å². The summed E-state index contributed by atoms with van der Waals surface area (Å²) in [4.78, 5) is 2.88. The molecule has 0 aliphatic carbocycles. The summed E-state index contributed by atoms with van der Waals surface area (Å²) < 4.78 is 33.9. The fraction of sp³-hybridized carbons (Fsp3) is 0.600. The van der Waals surface area contributed by atoms with Crippen LogP contribution in [-0.2, 0) is 4.94 Å². The van der Waals surface area contributed by atoms with E-state index < -0.39 is 11.8 Å². The number of rotatable bonds is 3. The largest absolute Gasteiger partial charge is 0.312 e. The maximum Gasteiger partial charge on any atom is 0.312 e. The smallest absolute Gasteiger partial charge is 0.293 e. The van der Waals surface area contributed by atoms with Crippen LogP contribution in [0.3, 0.4) is 0 Å². The predicted molar refractivity (Wildman–Crippen MR) is 26.3 cm³/mol. The van der Waals surface area contributed by atoms with Crippen molar-refractivity contribution in [2.24, 2.45) is 0 Å². The zero-order valence-corrected chi connectivity index (χ0v) is 4.96. The van der Waals surface area contributed by atoms with Crippen molar-refractivity contribution in [1.82, 2.24) is 0 Å². The Labute approximate surface area is 51.0 Å². The minimum absolute atomic E-state index is 0.0567. The molecule has 0 aromatic carbocycles. The predicted octanol–water partition coefficient (Wildman–Crippen LogP) is 2.80. The van der Waals surface area contributed by atoms with Crippen LogP contribution >= 0.6 is 0 Å². The molecule has 4 heteroatoms. The zero-order chi connectivity index (χ0) is 7.28. The number of halogens is 3. The van der Waals surface area contributed by atoms with Crippen LogP contribution in [0.4, 0.5) is 13.3 Å². The van der Waals surface area contributed by atoms with Crippen molar-refractivity contribution in [3.63, 3.8) is 0 Å². The van der Waals surface area contributed by atoms with Crippen molar-refractivity contribution in [1.29, 1.82) is 0 Å². The second kappa shape index (κ2) is 4.23. The Bertz CT molecular complexity index is 107. The van der Waals surface area contributed by atoms with Crippen LogP contribution in [-0.4, -0.2) is 0 Å². The van der Waals surface area contributed by atoms with Crippen LogP contribution in [0.15, 0.2) is 11.8 Å². The average Bonchev–Trinajstić information content (AvgIpc) is 1.82. The molecule has 0 saturated carbocycles. The van der Waals surface area contributed by atoms with Crippen LogP contribution in [0, 0.1) is 0 Å².